The van der Waals surface area contributed by atoms with E-state index in [-0.39, 0.29) is 37.1 Å². The standard InChI is InChI=1S/C23H34O7/c1-5-16(3)11-12-23(4,6-2)22(28)30-15-18(24)14-29-21(27)10-8-17-7-9-19(25)20(26)13-17/h7,9,11,13,18,24-26H,5-6,8,10,12,14-15H2,1-4H3. The van der Waals surface area contributed by atoms with Crippen LogP contribution >= 0.6 is 0 Å². The predicted octanol–water partition coefficient (Wildman–Crippen LogP) is 3.64. The number of phenols is 2. The normalized spacial score (nSPS) is 14.6. The van der Waals surface area contributed by atoms with Crippen molar-refractivity contribution in [1.82, 2.24) is 0 Å². The van der Waals surface area contributed by atoms with E-state index in [9.17, 15) is 24.9 Å². The van der Waals surface area contributed by atoms with Crippen molar-refractivity contribution in [3.05, 3.63) is 35.4 Å². The van der Waals surface area contributed by atoms with Crippen molar-refractivity contribution in [2.24, 2.45) is 5.41 Å². The Labute approximate surface area is 178 Å². The number of benzene rings is 1. The van der Waals surface area contributed by atoms with Gasteiger partial charge in [-0.05, 0) is 57.2 Å². The highest BCUT2D eigenvalue weighted by atomic mass is 16.6. The minimum absolute atomic E-state index is 0.0493. The van der Waals surface area contributed by atoms with Crippen molar-refractivity contribution in [2.45, 2.75) is 65.9 Å². The summed E-state index contributed by atoms with van der Waals surface area (Å²) >= 11 is 0. The number of aliphatic hydroxyl groups is 1. The molecule has 0 spiro atoms. The van der Waals surface area contributed by atoms with Gasteiger partial charge in [0, 0.05) is 6.42 Å². The third-order valence-electron chi connectivity index (χ3n) is 5.23. The maximum atomic E-state index is 12.4. The Kier molecular flexibility index (Phi) is 10.4. The third-order valence-corrected chi connectivity index (χ3v) is 5.23. The molecule has 0 saturated heterocycles. The number of allylic oxidation sites excluding steroid dienone is 2. The molecule has 0 aliphatic heterocycles. The average Bonchev–Trinajstić information content (AvgIpc) is 2.74. The zero-order chi connectivity index (χ0) is 22.7. The number of esters is 2. The highest BCUT2D eigenvalue weighted by Gasteiger charge is 2.32. The molecule has 7 heteroatoms. The number of aryl methyl sites for hydroxylation is 1. The Bertz CT molecular complexity index is 741. The molecule has 30 heavy (non-hydrogen) atoms. The molecular weight excluding hydrogens is 388 g/mol. The molecule has 1 aromatic carbocycles. The Morgan fingerprint density at radius 3 is 2.40 bits per heavy atom. The second kappa shape index (κ2) is 12.2. The van der Waals surface area contributed by atoms with Crippen LogP contribution in [-0.4, -0.2) is 46.6 Å². The minimum atomic E-state index is -1.11. The predicted molar refractivity (Wildman–Crippen MR) is 113 cm³/mol. The molecule has 0 amide bonds. The van der Waals surface area contributed by atoms with E-state index < -0.39 is 17.5 Å². The number of carbonyl (C=O) groups is 2. The SMILES string of the molecule is CCC(C)=CCC(C)(CC)C(=O)OCC(O)COC(=O)CCc1ccc(O)c(O)c1. The summed E-state index contributed by atoms with van der Waals surface area (Å²) in [6, 6.07) is 4.31. The van der Waals surface area contributed by atoms with Gasteiger partial charge >= 0.3 is 11.9 Å². The van der Waals surface area contributed by atoms with E-state index in [1.54, 1.807) is 6.07 Å². The van der Waals surface area contributed by atoms with Crippen LogP contribution in [0.1, 0.15) is 58.9 Å². The van der Waals surface area contributed by atoms with Gasteiger partial charge in [0.05, 0.1) is 5.41 Å². The van der Waals surface area contributed by atoms with E-state index in [1.165, 1.54) is 17.7 Å². The van der Waals surface area contributed by atoms with Gasteiger partial charge in [0.25, 0.3) is 0 Å². The molecule has 0 bridgehead atoms. The number of phenolic OH excluding ortho intramolecular Hbond substituents is 2. The van der Waals surface area contributed by atoms with Crippen molar-refractivity contribution in [3.63, 3.8) is 0 Å². The van der Waals surface area contributed by atoms with Crippen molar-refractivity contribution in [2.75, 3.05) is 13.2 Å². The zero-order valence-electron chi connectivity index (χ0n) is 18.3. The van der Waals surface area contributed by atoms with Crippen LogP contribution in [0.4, 0.5) is 0 Å². The number of carbonyl (C=O) groups excluding carboxylic acids is 2. The first-order valence-electron chi connectivity index (χ1n) is 10.3. The second-order valence-corrected chi connectivity index (χ2v) is 7.78. The van der Waals surface area contributed by atoms with Crippen LogP contribution in [0, 0.1) is 5.41 Å². The van der Waals surface area contributed by atoms with Gasteiger partial charge in [-0.2, -0.15) is 0 Å². The Morgan fingerprint density at radius 1 is 1.13 bits per heavy atom. The minimum Gasteiger partial charge on any atom is -0.504 e. The largest absolute Gasteiger partial charge is 0.504 e. The molecule has 0 heterocycles. The summed E-state index contributed by atoms with van der Waals surface area (Å²) in [4.78, 5) is 24.3. The van der Waals surface area contributed by atoms with E-state index in [4.69, 9.17) is 9.47 Å². The summed E-state index contributed by atoms with van der Waals surface area (Å²) in [5.74, 6) is -1.39. The molecular formula is C23H34O7. The highest BCUT2D eigenvalue weighted by molar-refractivity contribution is 5.76. The second-order valence-electron chi connectivity index (χ2n) is 7.78. The maximum absolute atomic E-state index is 12.4. The first-order chi connectivity index (χ1) is 14.1. The molecule has 3 N–H and O–H groups in total. The number of aliphatic hydroxyl groups excluding tert-OH is 1. The Hall–Kier alpha value is -2.54. The third kappa shape index (κ3) is 8.45. The van der Waals surface area contributed by atoms with Gasteiger partial charge in [-0.25, -0.2) is 0 Å². The van der Waals surface area contributed by atoms with Gasteiger partial charge in [0.2, 0.25) is 0 Å². The van der Waals surface area contributed by atoms with Gasteiger partial charge in [0.15, 0.2) is 11.5 Å². The van der Waals surface area contributed by atoms with Crippen LogP contribution in [0.3, 0.4) is 0 Å². The summed E-state index contributed by atoms with van der Waals surface area (Å²) < 4.78 is 10.3. The summed E-state index contributed by atoms with van der Waals surface area (Å²) in [7, 11) is 0. The van der Waals surface area contributed by atoms with Gasteiger partial charge < -0.3 is 24.8 Å². The molecule has 2 unspecified atom stereocenters. The summed E-state index contributed by atoms with van der Waals surface area (Å²) in [5.41, 5.74) is 1.21. The summed E-state index contributed by atoms with van der Waals surface area (Å²) in [6.45, 7) is 7.31. The number of rotatable bonds is 12. The van der Waals surface area contributed by atoms with Crippen molar-refractivity contribution >= 4 is 11.9 Å². The van der Waals surface area contributed by atoms with Crippen LogP contribution in [0.5, 0.6) is 11.5 Å². The molecule has 168 valence electrons. The van der Waals surface area contributed by atoms with Gasteiger partial charge in [-0.3, -0.25) is 9.59 Å². The number of aromatic hydroxyl groups is 2. The van der Waals surface area contributed by atoms with E-state index in [0.29, 0.717) is 24.8 Å². The quantitative estimate of drug-likeness (QED) is 0.268. The topological polar surface area (TPSA) is 113 Å². The fourth-order valence-electron chi connectivity index (χ4n) is 2.54. The van der Waals surface area contributed by atoms with Gasteiger partial charge in [0.1, 0.15) is 19.3 Å². The number of hydrogen-bond acceptors (Lipinski definition) is 7. The van der Waals surface area contributed by atoms with E-state index in [2.05, 4.69) is 6.92 Å². The van der Waals surface area contributed by atoms with Gasteiger partial charge in [-0.1, -0.05) is 31.6 Å². The Balaban J connectivity index is 2.38. The van der Waals surface area contributed by atoms with Crippen LogP contribution in [0.25, 0.3) is 0 Å². The summed E-state index contributed by atoms with van der Waals surface area (Å²) in [6.07, 6.45) is 3.40. The maximum Gasteiger partial charge on any atom is 0.312 e. The lowest BCUT2D eigenvalue weighted by Gasteiger charge is -2.25. The van der Waals surface area contributed by atoms with E-state index in [0.717, 1.165) is 6.42 Å². The molecule has 1 rings (SSSR count). The Morgan fingerprint density at radius 2 is 1.80 bits per heavy atom. The van der Waals surface area contributed by atoms with Crippen molar-refractivity contribution in [1.29, 1.82) is 0 Å². The molecule has 0 aliphatic carbocycles. The van der Waals surface area contributed by atoms with Crippen LogP contribution < -0.4 is 0 Å². The lowest BCUT2D eigenvalue weighted by atomic mass is 9.83. The molecule has 0 saturated carbocycles. The first-order valence-corrected chi connectivity index (χ1v) is 10.3. The van der Waals surface area contributed by atoms with Gasteiger partial charge in [-0.15, -0.1) is 0 Å². The molecule has 0 fully saturated rings. The molecule has 2 atom stereocenters. The molecule has 1 aromatic rings. The lowest BCUT2D eigenvalue weighted by molar-refractivity contribution is -0.160. The fraction of sp³-hybridized carbons (Fsp3) is 0.565. The van der Waals surface area contributed by atoms with E-state index in [1.807, 2.05) is 26.8 Å². The summed E-state index contributed by atoms with van der Waals surface area (Å²) in [5, 5.41) is 28.7. The molecule has 0 aliphatic rings. The molecule has 0 aromatic heterocycles. The van der Waals surface area contributed by atoms with E-state index >= 15 is 0 Å². The first kappa shape index (κ1) is 25.5. The van der Waals surface area contributed by atoms with Crippen LogP contribution in [0.2, 0.25) is 0 Å². The average molecular weight is 423 g/mol. The zero-order valence-corrected chi connectivity index (χ0v) is 18.3. The number of hydrogen-bond donors (Lipinski definition) is 3. The van der Waals surface area contributed by atoms with Crippen LogP contribution in [0.15, 0.2) is 29.8 Å². The monoisotopic (exact) mass is 422 g/mol. The smallest absolute Gasteiger partial charge is 0.312 e. The highest BCUT2D eigenvalue weighted by Crippen LogP contribution is 2.29. The van der Waals surface area contributed by atoms with Crippen LogP contribution in [-0.2, 0) is 25.5 Å². The molecule has 0 radical (unpaired) electrons. The molecule has 7 nitrogen and oxygen atoms in total. The lowest BCUT2D eigenvalue weighted by Crippen LogP contribution is -2.33. The van der Waals surface area contributed by atoms with Crippen molar-refractivity contribution < 1.29 is 34.4 Å². The number of ether oxygens (including phenoxy) is 2. The fourth-order valence-corrected chi connectivity index (χ4v) is 2.54. The van der Waals surface area contributed by atoms with Crippen molar-refractivity contribution in [3.8, 4) is 11.5 Å².